The maximum absolute atomic E-state index is 11.8. The van der Waals surface area contributed by atoms with E-state index in [9.17, 15) is 18.0 Å². The van der Waals surface area contributed by atoms with Crippen molar-refractivity contribution in [2.24, 2.45) is 0 Å². The number of hydrogen-bond acceptors (Lipinski definition) is 4. The fraction of sp³-hybridized carbons (Fsp3) is 0.400. The van der Waals surface area contributed by atoms with Gasteiger partial charge in [-0.2, -0.15) is 22.5 Å². The minimum atomic E-state index is -5.01. The topological polar surface area (TPSA) is 54.9 Å². The summed E-state index contributed by atoms with van der Waals surface area (Å²) in [5, 5.41) is 1.08. The number of nitrogens with one attached hydrogen (secondary N) is 1. The molecule has 0 spiro atoms. The summed E-state index contributed by atoms with van der Waals surface area (Å²) in [6, 6.07) is 0. The minimum Gasteiger partial charge on any atom is -0.293 e. The number of nitrogens with zero attached hydrogens (tertiary/aromatic N) is 2. The van der Waals surface area contributed by atoms with E-state index in [1.165, 1.54) is 5.32 Å². The molecule has 0 unspecified atom stereocenters. The van der Waals surface area contributed by atoms with Crippen LogP contribution in [0.2, 0.25) is 0 Å². The molecule has 0 saturated carbocycles. The van der Waals surface area contributed by atoms with Crippen molar-refractivity contribution in [3.63, 3.8) is 0 Å². The van der Waals surface area contributed by atoms with Gasteiger partial charge in [0.15, 0.2) is 5.82 Å². The van der Waals surface area contributed by atoms with Gasteiger partial charge in [-0.25, -0.2) is 0 Å². The molecule has 11 heteroatoms. The molecule has 0 bridgehead atoms. The van der Waals surface area contributed by atoms with Crippen LogP contribution in [-0.4, -0.2) is 21.4 Å². The molecule has 90 valence electrons. The lowest BCUT2D eigenvalue weighted by atomic mass is 10.6. The van der Waals surface area contributed by atoms with Gasteiger partial charge in [0.25, 0.3) is 3.79 Å². The van der Waals surface area contributed by atoms with Crippen LogP contribution < -0.4 is 5.32 Å². The highest BCUT2D eigenvalue weighted by Gasteiger charge is 2.39. The summed E-state index contributed by atoms with van der Waals surface area (Å²) in [6.45, 7) is 0. The zero-order valence-corrected chi connectivity index (χ0v) is 10.1. The van der Waals surface area contributed by atoms with E-state index in [2.05, 4.69) is 9.36 Å². The molecule has 0 aliphatic carbocycles. The van der Waals surface area contributed by atoms with E-state index in [1.54, 1.807) is 0 Å². The van der Waals surface area contributed by atoms with Crippen LogP contribution in [0.5, 0.6) is 0 Å². The largest absolute Gasteiger partial charge is 0.471 e. The van der Waals surface area contributed by atoms with E-state index >= 15 is 0 Å². The van der Waals surface area contributed by atoms with Crippen LogP contribution in [-0.2, 0) is 8.59 Å². The molecule has 0 aliphatic heterocycles. The van der Waals surface area contributed by atoms with Crippen LogP contribution in [0.15, 0.2) is 0 Å². The molecule has 1 heterocycles. The second-order valence-corrected chi connectivity index (χ2v) is 5.41. The number of aromatic nitrogens is 2. The van der Waals surface area contributed by atoms with Crippen LogP contribution in [0, 0.1) is 0 Å². The van der Waals surface area contributed by atoms with Crippen molar-refractivity contribution in [3.8, 4) is 0 Å². The van der Waals surface area contributed by atoms with Gasteiger partial charge in [0.2, 0.25) is 5.13 Å². The molecule has 1 aromatic rings. The average molecular weight is 315 g/mol. The second-order valence-electron chi connectivity index (χ2n) is 2.37. The Morgan fingerprint density at radius 3 is 2.25 bits per heavy atom. The fourth-order valence-electron chi connectivity index (χ4n) is 0.557. The van der Waals surface area contributed by atoms with Gasteiger partial charge in [0.1, 0.15) is 0 Å². The molecule has 1 N–H and O–H groups in total. The molecule has 0 aromatic carbocycles. The first-order chi connectivity index (χ1) is 7.10. The Morgan fingerprint density at radius 1 is 1.31 bits per heavy atom. The van der Waals surface area contributed by atoms with E-state index in [1.807, 2.05) is 0 Å². The molecule has 0 saturated heterocycles. The van der Waals surface area contributed by atoms with Crippen LogP contribution >= 0.6 is 46.3 Å². The first-order valence-corrected chi connectivity index (χ1v) is 5.30. The molecule has 0 aliphatic rings. The lowest BCUT2D eigenvalue weighted by molar-refractivity contribution is -0.167. The van der Waals surface area contributed by atoms with Crippen LogP contribution in [0.25, 0.3) is 0 Å². The Morgan fingerprint density at radius 2 is 1.88 bits per heavy atom. The van der Waals surface area contributed by atoms with Gasteiger partial charge < -0.3 is 0 Å². The van der Waals surface area contributed by atoms with Gasteiger partial charge in [0, 0.05) is 11.5 Å². The number of halogens is 6. The molecule has 0 atom stereocenters. The SMILES string of the molecule is O=C(Nc1nc(C(Cl)(Cl)Cl)ns1)C(F)(F)F. The van der Waals surface area contributed by atoms with E-state index in [0.717, 1.165) is 0 Å². The highest BCUT2D eigenvalue weighted by atomic mass is 35.6. The first kappa shape index (κ1) is 13.8. The van der Waals surface area contributed by atoms with Gasteiger partial charge in [-0.3, -0.25) is 10.1 Å². The van der Waals surface area contributed by atoms with Crippen molar-refractivity contribution in [1.29, 1.82) is 0 Å². The summed E-state index contributed by atoms with van der Waals surface area (Å²) in [4.78, 5) is 13.9. The molecule has 1 aromatic heterocycles. The van der Waals surface area contributed by atoms with E-state index < -0.39 is 21.0 Å². The number of hydrogen-bond donors (Lipinski definition) is 1. The van der Waals surface area contributed by atoms with Crippen molar-refractivity contribution in [2.75, 3.05) is 5.32 Å². The number of amides is 1. The second kappa shape index (κ2) is 4.52. The fourth-order valence-corrected chi connectivity index (χ4v) is 1.58. The Kier molecular flexibility index (Phi) is 3.88. The van der Waals surface area contributed by atoms with E-state index in [4.69, 9.17) is 34.8 Å². The highest BCUT2D eigenvalue weighted by molar-refractivity contribution is 7.10. The third-order valence-electron chi connectivity index (χ3n) is 1.16. The van der Waals surface area contributed by atoms with Crippen LogP contribution in [0.3, 0.4) is 0 Å². The van der Waals surface area contributed by atoms with Gasteiger partial charge in [-0.05, 0) is 0 Å². The van der Waals surface area contributed by atoms with Gasteiger partial charge in [-0.1, -0.05) is 34.8 Å². The van der Waals surface area contributed by atoms with Crippen LogP contribution in [0.4, 0.5) is 18.3 Å². The average Bonchev–Trinajstić information content (AvgIpc) is 2.49. The Labute approximate surface area is 106 Å². The molecule has 4 nitrogen and oxygen atoms in total. The monoisotopic (exact) mass is 313 g/mol. The van der Waals surface area contributed by atoms with Crippen molar-refractivity contribution in [1.82, 2.24) is 9.36 Å². The highest BCUT2D eigenvalue weighted by Crippen LogP contribution is 2.37. The summed E-state index contributed by atoms with van der Waals surface area (Å²) in [5.41, 5.74) is 0. The molecule has 1 amide bonds. The van der Waals surface area contributed by atoms with E-state index in [0.29, 0.717) is 11.5 Å². The summed E-state index contributed by atoms with van der Waals surface area (Å²) in [7, 11) is 0. The standard InChI is InChI=1S/C5HCl3F3N3OS/c6-4(7,8)1-12-3(16-14-1)13-2(15)5(9,10)11/h(H,12,13,14,15). The molecule has 0 radical (unpaired) electrons. The normalized spacial score (nSPS) is 12.6. The predicted molar refractivity (Wildman–Crippen MR) is 53.8 cm³/mol. The van der Waals surface area contributed by atoms with Crippen molar-refractivity contribution >= 4 is 57.4 Å². The van der Waals surface area contributed by atoms with Crippen molar-refractivity contribution in [2.45, 2.75) is 9.97 Å². The first-order valence-electron chi connectivity index (χ1n) is 3.40. The summed E-state index contributed by atoms with van der Waals surface area (Å²) in [5.74, 6) is -2.47. The molecular weight excluding hydrogens is 313 g/mol. The number of carbonyl (C=O) groups excluding carboxylic acids is 1. The quantitative estimate of drug-likeness (QED) is 0.811. The predicted octanol–water partition coefficient (Wildman–Crippen LogP) is 2.87. The summed E-state index contributed by atoms with van der Waals surface area (Å²) in [6.07, 6.45) is -5.01. The third kappa shape index (κ3) is 3.62. The lowest BCUT2D eigenvalue weighted by Crippen LogP contribution is -2.29. The summed E-state index contributed by atoms with van der Waals surface area (Å²) >= 11 is 16.6. The number of carbonyl (C=O) groups is 1. The number of rotatable bonds is 1. The zero-order chi connectivity index (χ0) is 12.6. The smallest absolute Gasteiger partial charge is 0.293 e. The van der Waals surface area contributed by atoms with Crippen molar-refractivity contribution in [3.05, 3.63) is 5.82 Å². The van der Waals surface area contributed by atoms with Crippen LogP contribution in [0.1, 0.15) is 5.82 Å². The molecular formula is C5HCl3F3N3OS. The maximum Gasteiger partial charge on any atom is 0.471 e. The Hall–Kier alpha value is -0.310. The van der Waals surface area contributed by atoms with Gasteiger partial charge in [0.05, 0.1) is 0 Å². The maximum atomic E-state index is 11.8. The minimum absolute atomic E-state index is 0.306. The van der Waals surface area contributed by atoms with Gasteiger partial charge >= 0.3 is 12.1 Å². The summed E-state index contributed by atoms with van der Waals surface area (Å²) < 4.78 is 37.1. The molecule has 0 fully saturated rings. The number of alkyl halides is 6. The molecule has 16 heavy (non-hydrogen) atoms. The van der Waals surface area contributed by atoms with E-state index in [-0.39, 0.29) is 5.82 Å². The zero-order valence-electron chi connectivity index (χ0n) is 6.98. The van der Waals surface area contributed by atoms with Crippen molar-refractivity contribution < 1.29 is 18.0 Å². The molecule has 1 rings (SSSR count). The number of anilines is 1. The van der Waals surface area contributed by atoms with Gasteiger partial charge in [-0.15, -0.1) is 0 Å². The lowest BCUT2D eigenvalue weighted by Gasteiger charge is -2.05. The Bertz CT molecular complexity index is 402. The Balaban J connectivity index is 2.78. The third-order valence-corrected chi connectivity index (χ3v) is 2.30.